The monoisotopic (exact) mass is 314 g/mol. The molecule has 0 radical (unpaired) electrons. The maximum atomic E-state index is 12.9. The Morgan fingerprint density at radius 2 is 1.87 bits per heavy atom. The number of hydrogen-bond donors (Lipinski definition) is 1. The minimum Gasteiger partial charge on any atom is -0.346 e. The highest BCUT2D eigenvalue weighted by Gasteiger charge is 2.14. The van der Waals surface area contributed by atoms with E-state index < -0.39 is 0 Å². The van der Waals surface area contributed by atoms with Crippen molar-refractivity contribution in [1.29, 1.82) is 0 Å². The SMILES string of the molecule is O=C(NCc1ccnc(N2CCCCC2)n1)c1ccc(F)cc1. The highest BCUT2D eigenvalue weighted by atomic mass is 19.1. The smallest absolute Gasteiger partial charge is 0.251 e. The van der Waals surface area contributed by atoms with Crippen LogP contribution in [-0.4, -0.2) is 29.0 Å². The zero-order valence-corrected chi connectivity index (χ0v) is 12.8. The molecule has 6 heteroatoms. The van der Waals surface area contributed by atoms with E-state index >= 15 is 0 Å². The van der Waals surface area contributed by atoms with Crippen molar-refractivity contribution in [1.82, 2.24) is 15.3 Å². The minimum atomic E-state index is -0.358. The topological polar surface area (TPSA) is 58.1 Å². The van der Waals surface area contributed by atoms with Crippen molar-refractivity contribution in [3.05, 3.63) is 53.6 Å². The standard InChI is InChI=1S/C17H19FN4O/c18-14-6-4-13(5-7-14)16(23)20-12-15-8-9-19-17(21-15)22-10-2-1-3-11-22/h4-9H,1-3,10-12H2,(H,20,23). The van der Waals surface area contributed by atoms with Crippen LogP contribution in [0.15, 0.2) is 36.5 Å². The summed E-state index contributed by atoms with van der Waals surface area (Å²) in [7, 11) is 0. The molecular formula is C17H19FN4O. The third-order valence-electron chi connectivity index (χ3n) is 3.88. The molecule has 120 valence electrons. The third-order valence-corrected chi connectivity index (χ3v) is 3.88. The number of amides is 1. The normalized spacial score (nSPS) is 14.6. The number of rotatable bonds is 4. The second kappa shape index (κ2) is 7.17. The molecule has 0 bridgehead atoms. The first-order valence-electron chi connectivity index (χ1n) is 7.83. The van der Waals surface area contributed by atoms with Gasteiger partial charge in [0.25, 0.3) is 5.91 Å². The molecule has 1 fully saturated rings. The van der Waals surface area contributed by atoms with Gasteiger partial charge in [-0.2, -0.15) is 0 Å². The van der Waals surface area contributed by atoms with E-state index in [1.54, 1.807) is 12.3 Å². The van der Waals surface area contributed by atoms with Crippen molar-refractivity contribution < 1.29 is 9.18 Å². The van der Waals surface area contributed by atoms with Gasteiger partial charge in [-0.05, 0) is 49.6 Å². The van der Waals surface area contributed by atoms with Crippen LogP contribution in [0.4, 0.5) is 10.3 Å². The van der Waals surface area contributed by atoms with Gasteiger partial charge in [0.1, 0.15) is 5.82 Å². The van der Waals surface area contributed by atoms with Crippen LogP contribution in [0.25, 0.3) is 0 Å². The second-order valence-corrected chi connectivity index (χ2v) is 5.59. The Labute approximate surface area is 134 Å². The molecule has 23 heavy (non-hydrogen) atoms. The lowest BCUT2D eigenvalue weighted by atomic mass is 10.1. The molecule has 0 unspecified atom stereocenters. The van der Waals surface area contributed by atoms with Gasteiger partial charge in [0, 0.05) is 24.8 Å². The lowest BCUT2D eigenvalue weighted by Crippen LogP contribution is -2.31. The molecule has 1 aliphatic heterocycles. The summed E-state index contributed by atoms with van der Waals surface area (Å²) in [4.78, 5) is 23.0. The molecule has 0 spiro atoms. The van der Waals surface area contributed by atoms with E-state index in [0.29, 0.717) is 12.1 Å². The van der Waals surface area contributed by atoms with Crippen molar-refractivity contribution in [3.8, 4) is 0 Å². The van der Waals surface area contributed by atoms with Gasteiger partial charge in [0.15, 0.2) is 0 Å². The molecule has 1 aliphatic rings. The van der Waals surface area contributed by atoms with Crippen molar-refractivity contribution in [2.24, 2.45) is 0 Å². The molecule has 2 aromatic rings. The Morgan fingerprint density at radius 1 is 1.13 bits per heavy atom. The maximum absolute atomic E-state index is 12.9. The summed E-state index contributed by atoms with van der Waals surface area (Å²) in [6.45, 7) is 2.27. The van der Waals surface area contributed by atoms with Gasteiger partial charge in [-0.25, -0.2) is 14.4 Å². The van der Waals surface area contributed by atoms with E-state index in [4.69, 9.17) is 0 Å². The highest BCUT2D eigenvalue weighted by Crippen LogP contribution is 2.15. The van der Waals surface area contributed by atoms with E-state index in [1.807, 2.05) is 0 Å². The molecule has 1 saturated heterocycles. The molecule has 5 nitrogen and oxygen atoms in total. The first-order valence-corrected chi connectivity index (χ1v) is 7.83. The van der Waals surface area contributed by atoms with Gasteiger partial charge in [0.05, 0.1) is 12.2 Å². The number of carbonyl (C=O) groups is 1. The van der Waals surface area contributed by atoms with Crippen LogP contribution < -0.4 is 10.2 Å². The van der Waals surface area contributed by atoms with E-state index in [9.17, 15) is 9.18 Å². The molecular weight excluding hydrogens is 295 g/mol. The van der Waals surface area contributed by atoms with Crippen LogP contribution in [0.1, 0.15) is 35.3 Å². The zero-order chi connectivity index (χ0) is 16.1. The van der Waals surface area contributed by atoms with Crippen molar-refractivity contribution >= 4 is 11.9 Å². The maximum Gasteiger partial charge on any atom is 0.251 e. The molecule has 1 N–H and O–H groups in total. The van der Waals surface area contributed by atoms with Gasteiger partial charge in [0.2, 0.25) is 5.95 Å². The molecule has 1 amide bonds. The van der Waals surface area contributed by atoms with E-state index in [0.717, 1.165) is 37.6 Å². The van der Waals surface area contributed by atoms with Crippen LogP contribution >= 0.6 is 0 Å². The largest absolute Gasteiger partial charge is 0.346 e. The van der Waals surface area contributed by atoms with Gasteiger partial charge >= 0.3 is 0 Å². The number of nitrogens with zero attached hydrogens (tertiary/aromatic N) is 3. The Hall–Kier alpha value is -2.50. The highest BCUT2D eigenvalue weighted by molar-refractivity contribution is 5.94. The number of piperidine rings is 1. The third kappa shape index (κ3) is 4.03. The average Bonchev–Trinajstić information content (AvgIpc) is 2.61. The van der Waals surface area contributed by atoms with E-state index in [2.05, 4.69) is 20.2 Å². The van der Waals surface area contributed by atoms with Gasteiger partial charge < -0.3 is 10.2 Å². The fourth-order valence-electron chi connectivity index (χ4n) is 2.60. The first-order chi connectivity index (χ1) is 11.2. The van der Waals surface area contributed by atoms with Gasteiger partial charge in [-0.3, -0.25) is 4.79 Å². The van der Waals surface area contributed by atoms with Gasteiger partial charge in [-0.1, -0.05) is 0 Å². The van der Waals surface area contributed by atoms with Gasteiger partial charge in [-0.15, -0.1) is 0 Å². The second-order valence-electron chi connectivity index (χ2n) is 5.59. The van der Waals surface area contributed by atoms with Crippen LogP contribution in [0.3, 0.4) is 0 Å². The Morgan fingerprint density at radius 3 is 2.61 bits per heavy atom. The Bertz CT molecular complexity index is 669. The van der Waals surface area contributed by atoms with Crippen molar-refractivity contribution in [2.45, 2.75) is 25.8 Å². The Kier molecular flexibility index (Phi) is 4.80. The molecule has 2 heterocycles. The summed E-state index contributed by atoms with van der Waals surface area (Å²) in [6.07, 6.45) is 5.30. The molecule has 0 atom stereocenters. The molecule has 3 rings (SSSR count). The summed E-state index contributed by atoms with van der Waals surface area (Å²) in [6, 6.07) is 7.26. The van der Waals surface area contributed by atoms with Crippen LogP contribution in [0, 0.1) is 5.82 Å². The molecule has 1 aromatic heterocycles. The lowest BCUT2D eigenvalue weighted by Gasteiger charge is -2.26. The summed E-state index contributed by atoms with van der Waals surface area (Å²) in [5, 5.41) is 2.79. The van der Waals surface area contributed by atoms with Crippen molar-refractivity contribution in [3.63, 3.8) is 0 Å². The minimum absolute atomic E-state index is 0.247. The molecule has 0 saturated carbocycles. The van der Waals surface area contributed by atoms with Crippen molar-refractivity contribution in [2.75, 3.05) is 18.0 Å². The van der Waals surface area contributed by atoms with E-state index in [1.165, 1.54) is 30.7 Å². The number of carbonyl (C=O) groups excluding carboxylic acids is 1. The van der Waals surface area contributed by atoms with Crippen LogP contribution in [-0.2, 0) is 6.54 Å². The summed E-state index contributed by atoms with van der Waals surface area (Å²) in [5.74, 6) is 0.116. The summed E-state index contributed by atoms with van der Waals surface area (Å²) in [5.41, 5.74) is 1.19. The first kappa shape index (κ1) is 15.4. The zero-order valence-electron chi connectivity index (χ0n) is 12.8. The van der Waals surface area contributed by atoms with Crippen LogP contribution in [0.2, 0.25) is 0 Å². The lowest BCUT2D eigenvalue weighted by molar-refractivity contribution is 0.0950. The number of benzene rings is 1. The Balaban J connectivity index is 1.61. The number of halogens is 1. The number of anilines is 1. The quantitative estimate of drug-likeness (QED) is 0.942. The predicted octanol–water partition coefficient (Wildman–Crippen LogP) is 2.54. The predicted molar refractivity (Wildman–Crippen MR) is 85.7 cm³/mol. The number of aromatic nitrogens is 2. The average molecular weight is 314 g/mol. The molecule has 1 aromatic carbocycles. The number of hydrogen-bond acceptors (Lipinski definition) is 4. The van der Waals surface area contributed by atoms with Crippen LogP contribution in [0.5, 0.6) is 0 Å². The molecule has 0 aliphatic carbocycles. The van der Waals surface area contributed by atoms with E-state index in [-0.39, 0.29) is 11.7 Å². The number of nitrogens with one attached hydrogen (secondary N) is 1. The summed E-state index contributed by atoms with van der Waals surface area (Å²) >= 11 is 0. The fourth-order valence-corrected chi connectivity index (χ4v) is 2.60. The summed E-state index contributed by atoms with van der Waals surface area (Å²) < 4.78 is 12.9. The fraction of sp³-hybridized carbons (Fsp3) is 0.353.